The molecular formula is C16H20N4O2S2. The zero-order chi connectivity index (χ0) is 16.8. The number of thioether (sulfide) groups is 2. The Morgan fingerprint density at radius 1 is 1.29 bits per heavy atom. The molecule has 2 N–H and O–H groups in total. The van der Waals surface area contributed by atoms with Crippen LogP contribution in [0.4, 0.5) is 0 Å². The van der Waals surface area contributed by atoms with E-state index in [1.165, 1.54) is 16.7 Å². The Labute approximate surface area is 148 Å². The highest BCUT2D eigenvalue weighted by Crippen LogP contribution is 2.35. The summed E-state index contributed by atoms with van der Waals surface area (Å²) < 4.78 is 1.66. The molecule has 2 aromatic rings. The number of nitrogens with one attached hydrogen (secondary N) is 2. The van der Waals surface area contributed by atoms with Gasteiger partial charge in [0, 0.05) is 17.5 Å². The fourth-order valence-corrected chi connectivity index (χ4v) is 3.95. The van der Waals surface area contributed by atoms with Crippen molar-refractivity contribution >= 4 is 29.4 Å². The Bertz CT molecular complexity index is 725. The monoisotopic (exact) mass is 364 g/mol. The van der Waals surface area contributed by atoms with Gasteiger partial charge >= 0.3 is 5.69 Å². The van der Waals surface area contributed by atoms with Gasteiger partial charge in [-0.05, 0) is 37.1 Å². The molecule has 8 heteroatoms. The van der Waals surface area contributed by atoms with Crippen LogP contribution < -0.4 is 11.0 Å². The predicted octanol–water partition coefficient (Wildman–Crippen LogP) is 2.30. The minimum Gasteiger partial charge on any atom is -0.355 e. The number of hydrogen-bond acceptors (Lipinski definition) is 5. The molecule has 1 fully saturated rings. The van der Waals surface area contributed by atoms with Crippen LogP contribution in [0.2, 0.25) is 0 Å². The Balaban J connectivity index is 1.32. The second-order valence-corrected chi connectivity index (χ2v) is 7.68. The van der Waals surface area contributed by atoms with Gasteiger partial charge in [-0.25, -0.2) is 9.89 Å². The van der Waals surface area contributed by atoms with Crippen molar-refractivity contribution in [3.05, 3.63) is 40.8 Å². The highest BCUT2D eigenvalue weighted by atomic mass is 32.2. The van der Waals surface area contributed by atoms with Crippen LogP contribution >= 0.6 is 23.5 Å². The molecule has 3 rings (SSSR count). The Morgan fingerprint density at radius 3 is 2.83 bits per heavy atom. The molecule has 6 nitrogen and oxygen atoms in total. The smallest absolute Gasteiger partial charge is 0.344 e. The number of amides is 1. The van der Waals surface area contributed by atoms with E-state index in [2.05, 4.69) is 27.6 Å². The van der Waals surface area contributed by atoms with Crippen LogP contribution in [-0.2, 0) is 4.79 Å². The van der Waals surface area contributed by atoms with Crippen LogP contribution in [-0.4, -0.2) is 38.7 Å². The van der Waals surface area contributed by atoms with Crippen LogP contribution in [0.1, 0.15) is 25.3 Å². The first-order valence-electron chi connectivity index (χ1n) is 7.98. The van der Waals surface area contributed by atoms with E-state index in [1.54, 1.807) is 16.3 Å². The number of benzene rings is 1. The van der Waals surface area contributed by atoms with Gasteiger partial charge in [-0.15, -0.1) is 16.9 Å². The molecule has 0 aliphatic heterocycles. The number of aromatic nitrogens is 3. The van der Waals surface area contributed by atoms with Crippen molar-refractivity contribution in [1.82, 2.24) is 20.1 Å². The summed E-state index contributed by atoms with van der Waals surface area (Å²) in [4.78, 5) is 24.8. The third kappa shape index (κ3) is 4.91. The van der Waals surface area contributed by atoms with Crippen molar-refractivity contribution in [2.24, 2.45) is 0 Å². The van der Waals surface area contributed by atoms with Gasteiger partial charge in [0.15, 0.2) is 5.16 Å². The van der Waals surface area contributed by atoms with Crippen LogP contribution in [0.25, 0.3) is 0 Å². The summed E-state index contributed by atoms with van der Waals surface area (Å²) in [6.07, 6.45) is 2.95. The molecule has 1 amide bonds. The number of carbonyl (C=O) groups excluding carboxylic acids is 1. The summed E-state index contributed by atoms with van der Waals surface area (Å²) in [7, 11) is 0. The first kappa shape index (κ1) is 17.2. The van der Waals surface area contributed by atoms with Gasteiger partial charge in [0.05, 0.1) is 5.75 Å². The number of hydrogen-bond donors (Lipinski definition) is 2. The molecule has 1 aromatic carbocycles. The van der Waals surface area contributed by atoms with Gasteiger partial charge < -0.3 is 5.32 Å². The van der Waals surface area contributed by atoms with Crippen molar-refractivity contribution in [3.63, 3.8) is 0 Å². The van der Waals surface area contributed by atoms with Crippen LogP contribution in [0, 0.1) is 0 Å². The lowest BCUT2D eigenvalue weighted by molar-refractivity contribution is -0.118. The zero-order valence-electron chi connectivity index (χ0n) is 13.2. The average Bonchev–Trinajstić information content (AvgIpc) is 3.36. The van der Waals surface area contributed by atoms with Gasteiger partial charge in [-0.1, -0.05) is 30.0 Å². The van der Waals surface area contributed by atoms with E-state index in [-0.39, 0.29) is 23.4 Å². The summed E-state index contributed by atoms with van der Waals surface area (Å²) in [6, 6.07) is 10.5. The molecule has 1 saturated carbocycles. The fourth-order valence-electron chi connectivity index (χ4n) is 2.23. The number of H-pyrrole nitrogens is 1. The molecular weight excluding hydrogens is 344 g/mol. The van der Waals surface area contributed by atoms with Gasteiger partial charge in [0.2, 0.25) is 5.91 Å². The van der Waals surface area contributed by atoms with E-state index in [1.807, 2.05) is 18.2 Å². The van der Waals surface area contributed by atoms with Crippen molar-refractivity contribution in [2.45, 2.75) is 35.4 Å². The molecule has 1 aromatic heterocycles. The number of nitrogens with zero attached hydrogens (tertiary/aromatic N) is 2. The quantitative estimate of drug-likeness (QED) is 0.527. The molecule has 1 aliphatic carbocycles. The maximum absolute atomic E-state index is 11.9. The Kier molecular flexibility index (Phi) is 6.03. The van der Waals surface area contributed by atoms with Gasteiger partial charge in [-0.2, -0.15) is 0 Å². The summed E-state index contributed by atoms with van der Waals surface area (Å²) in [5.41, 5.74) is -0.182. The standard InChI is InChI=1S/C16H20N4O2S2/c21-14(17-9-4-10-23-13-5-2-1-3-6-13)11-24-16-19-18-15(22)20(16)12-7-8-12/h1-3,5-6,12H,4,7-11H2,(H,17,21)(H,18,22). The van der Waals surface area contributed by atoms with Crippen molar-refractivity contribution in [2.75, 3.05) is 18.1 Å². The second-order valence-electron chi connectivity index (χ2n) is 5.57. The first-order valence-corrected chi connectivity index (χ1v) is 9.95. The maximum atomic E-state index is 11.9. The lowest BCUT2D eigenvalue weighted by Crippen LogP contribution is -2.26. The zero-order valence-corrected chi connectivity index (χ0v) is 14.9. The normalized spacial score (nSPS) is 13.8. The van der Waals surface area contributed by atoms with E-state index < -0.39 is 0 Å². The Hall–Kier alpha value is -1.67. The topological polar surface area (TPSA) is 79.8 Å². The molecule has 128 valence electrons. The van der Waals surface area contributed by atoms with Crippen molar-refractivity contribution in [1.29, 1.82) is 0 Å². The van der Waals surface area contributed by atoms with Crippen molar-refractivity contribution < 1.29 is 4.79 Å². The largest absolute Gasteiger partial charge is 0.355 e. The number of rotatable bonds is 9. The van der Waals surface area contributed by atoms with Gasteiger partial charge in [0.25, 0.3) is 0 Å². The summed E-state index contributed by atoms with van der Waals surface area (Å²) in [5, 5.41) is 9.98. The van der Waals surface area contributed by atoms with Crippen molar-refractivity contribution in [3.8, 4) is 0 Å². The minimum atomic E-state index is -0.182. The van der Waals surface area contributed by atoms with E-state index >= 15 is 0 Å². The summed E-state index contributed by atoms with van der Waals surface area (Å²) >= 11 is 3.10. The summed E-state index contributed by atoms with van der Waals surface area (Å²) in [5.74, 6) is 1.23. The van der Waals surface area contributed by atoms with E-state index in [9.17, 15) is 9.59 Å². The maximum Gasteiger partial charge on any atom is 0.344 e. The Morgan fingerprint density at radius 2 is 2.08 bits per heavy atom. The average molecular weight is 364 g/mol. The van der Waals surface area contributed by atoms with Crippen LogP contribution in [0.5, 0.6) is 0 Å². The minimum absolute atomic E-state index is 0.0255. The van der Waals surface area contributed by atoms with Gasteiger partial charge in [0.1, 0.15) is 0 Å². The van der Waals surface area contributed by atoms with E-state index in [0.29, 0.717) is 11.7 Å². The molecule has 1 heterocycles. The molecule has 0 atom stereocenters. The first-order chi connectivity index (χ1) is 11.7. The molecule has 24 heavy (non-hydrogen) atoms. The molecule has 0 spiro atoms. The van der Waals surface area contributed by atoms with Crippen LogP contribution in [0.15, 0.2) is 45.2 Å². The molecule has 0 saturated heterocycles. The predicted molar refractivity (Wildman–Crippen MR) is 96.6 cm³/mol. The SMILES string of the molecule is O=C(CSc1n[nH]c(=O)n1C1CC1)NCCCSc1ccccc1. The van der Waals surface area contributed by atoms with Crippen LogP contribution in [0.3, 0.4) is 0 Å². The third-order valence-corrected chi connectivity index (χ3v) is 5.62. The van der Waals surface area contributed by atoms with Gasteiger partial charge in [-0.3, -0.25) is 9.36 Å². The molecule has 0 radical (unpaired) electrons. The molecule has 0 bridgehead atoms. The molecule has 1 aliphatic rings. The number of aromatic amines is 1. The lowest BCUT2D eigenvalue weighted by atomic mass is 10.4. The highest BCUT2D eigenvalue weighted by Gasteiger charge is 2.28. The fraction of sp³-hybridized carbons (Fsp3) is 0.438. The molecule has 0 unspecified atom stereocenters. The third-order valence-electron chi connectivity index (χ3n) is 3.57. The van der Waals surface area contributed by atoms with E-state index in [4.69, 9.17) is 0 Å². The van der Waals surface area contributed by atoms with E-state index in [0.717, 1.165) is 25.0 Å². The lowest BCUT2D eigenvalue weighted by Gasteiger charge is -2.06. The highest BCUT2D eigenvalue weighted by molar-refractivity contribution is 7.99. The summed E-state index contributed by atoms with van der Waals surface area (Å²) in [6.45, 7) is 0.662. The second kappa shape index (κ2) is 8.43. The number of carbonyl (C=O) groups is 1.